The van der Waals surface area contributed by atoms with Crippen LogP contribution in [0.5, 0.6) is 0 Å². The maximum Gasteiger partial charge on any atom is 0.347 e. The molecule has 1 aliphatic rings. The first-order valence-electron chi connectivity index (χ1n) is 5.89. The van der Waals surface area contributed by atoms with Gasteiger partial charge in [-0.15, -0.1) is 11.3 Å². The zero-order valence-corrected chi connectivity index (χ0v) is 12.4. The molecule has 2 heterocycles. The van der Waals surface area contributed by atoms with E-state index in [1.54, 1.807) is 7.05 Å². The Hall–Kier alpha value is -1.45. The molecule has 0 spiro atoms. The van der Waals surface area contributed by atoms with Gasteiger partial charge in [0.15, 0.2) is 0 Å². The Balaban J connectivity index is 2.37. The second-order valence-corrected chi connectivity index (χ2v) is 7.25. The molecular formula is C11H14N2O5S2. The van der Waals surface area contributed by atoms with Crippen molar-refractivity contribution in [2.24, 2.45) is 0 Å². The minimum absolute atomic E-state index is 0.202. The number of amides is 1. The summed E-state index contributed by atoms with van der Waals surface area (Å²) >= 11 is 0.854. The van der Waals surface area contributed by atoms with Crippen LogP contribution in [0.15, 0.2) is 16.3 Å². The predicted octanol–water partition coefficient (Wildman–Crippen LogP) is 0.299. The number of hydrogen-bond acceptors (Lipinski definition) is 5. The van der Waals surface area contributed by atoms with Crippen molar-refractivity contribution in [3.05, 3.63) is 16.3 Å². The maximum atomic E-state index is 12.5. The van der Waals surface area contributed by atoms with E-state index in [9.17, 15) is 18.0 Å². The quantitative estimate of drug-likeness (QED) is 0.865. The van der Waals surface area contributed by atoms with Gasteiger partial charge >= 0.3 is 5.97 Å². The van der Waals surface area contributed by atoms with Crippen LogP contribution in [0, 0.1) is 0 Å². The molecule has 110 valence electrons. The molecule has 7 nitrogen and oxygen atoms in total. The minimum Gasteiger partial charge on any atom is -0.477 e. The molecule has 0 atom stereocenters. The van der Waals surface area contributed by atoms with Gasteiger partial charge in [-0.1, -0.05) is 0 Å². The van der Waals surface area contributed by atoms with Gasteiger partial charge < -0.3 is 10.0 Å². The molecule has 2 rings (SSSR count). The molecule has 1 aliphatic heterocycles. The summed E-state index contributed by atoms with van der Waals surface area (Å²) in [5.41, 5.74) is 0. The van der Waals surface area contributed by atoms with E-state index in [-0.39, 0.29) is 28.8 Å². The average Bonchev–Trinajstić information content (AvgIpc) is 2.80. The summed E-state index contributed by atoms with van der Waals surface area (Å²) < 4.78 is 26.0. The van der Waals surface area contributed by atoms with Crippen molar-refractivity contribution in [2.75, 3.05) is 26.7 Å². The number of aromatic carboxylic acids is 1. The lowest BCUT2D eigenvalue weighted by Gasteiger charge is -2.19. The van der Waals surface area contributed by atoms with Crippen molar-refractivity contribution in [1.29, 1.82) is 0 Å². The van der Waals surface area contributed by atoms with Gasteiger partial charge in [-0.05, 0) is 17.9 Å². The van der Waals surface area contributed by atoms with Crippen LogP contribution in [0.25, 0.3) is 0 Å². The Bertz CT molecular complexity index is 637. The predicted molar refractivity (Wildman–Crippen MR) is 72.3 cm³/mol. The highest BCUT2D eigenvalue weighted by Gasteiger charge is 2.33. The van der Waals surface area contributed by atoms with Crippen LogP contribution >= 0.6 is 11.3 Å². The van der Waals surface area contributed by atoms with Crippen molar-refractivity contribution >= 4 is 33.2 Å². The SMILES string of the molecule is CN1CCCN(S(=O)(=O)c2ccsc2C(=O)O)CC1=O. The van der Waals surface area contributed by atoms with Crippen LogP contribution in [-0.2, 0) is 14.8 Å². The molecule has 1 aromatic rings. The fourth-order valence-electron chi connectivity index (χ4n) is 1.96. The van der Waals surface area contributed by atoms with Crippen molar-refractivity contribution in [3.63, 3.8) is 0 Å². The lowest BCUT2D eigenvalue weighted by molar-refractivity contribution is -0.129. The third-order valence-electron chi connectivity index (χ3n) is 3.08. The van der Waals surface area contributed by atoms with E-state index in [0.717, 1.165) is 15.6 Å². The number of carboxylic acids is 1. The fraction of sp³-hybridized carbons (Fsp3) is 0.455. The summed E-state index contributed by atoms with van der Waals surface area (Å²) in [5, 5.41) is 10.4. The van der Waals surface area contributed by atoms with Crippen LogP contribution < -0.4 is 0 Å². The van der Waals surface area contributed by atoms with E-state index < -0.39 is 16.0 Å². The molecule has 9 heteroatoms. The molecule has 1 saturated heterocycles. The van der Waals surface area contributed by atoms with Gasteiger partial charge in [0, 0.05) is 20.1 Å². The second kappa shape index (κ2) is 5.51. The van der Waals surface area contributed by atoms with Crippen LogP contribution in [0.1, 0.15) is 16.1 Å². The van der Waals surface area contributed by atoms with Gasteiger partial charge in [0.2, 0.25) is 15.9 Å². The first kappa shape index (κ1) is 14.9. The molecule has 1 amide bonds. The molecule has 0 saturated carbocycles. The van der Waals surface area contributed by atoms with Gasteiger partial charge in [-0.2, -0.15) is 4.31 Å². The second-order valence-electron chi connectivity index (χ2n) is 4.43. The molecule has 0 bridgehead atoms. The van der Waals surface area contributed by atoms with Crippen molar-refractivity contribution in [2.45, 2.75) is 11.3 Å². The summed E-state index contributed by atoms with van der Waals surface area (Å²) in [6.07, 6.45) is 0.522. The molecule has 0 radical (unpaired) electrons. The summed E-state index contributed by atoms with van der Waals surface area (Å²) in [5.74, 6) is -1.57. The third-order valence-corrected chi connectivity index (χ3v) is 6.00. The van der Waals surface area contributed by atoms with Gasteiger partial charge in [-0.25, -0.2) is 13.2 Å². The number of hydrogen-bond donors (Lipinski definition) is 1. The molecule has 0 unspecified atom stereocenters. The zero-order chi connectivity index (χ0) is 14.9. The van der Waals surface area contributed by atoms with E-state index in [2.05, 4.69) is 0 Å². The largest absolute Gasteiger partial charge is 0.477 e. The molecule has 0 aromatic carbocycles. The highest BCUT2D eigenvalue weighted by Crippen LogP contribution is 2.26. The number of carbonyl (C=O) groups excluding carboxylic acids is 1. The van der Waals surface area contributed by atoms with Crippen molar-refractivity contribution in [3.8, 4) is 0 Å². The third kappa shape index (κ3) is 2.69. The number of sulfonamides is 1. The van der Waals surface area contributed by atoms with Gasteiger partial charge in [0.05, 0.1) is 6.54 Å². The Labute approximate surface area is 120 Å². The lowest BCUT2D eigenvalue weighted by atomic mass is 10.4. The van der Waals surface area contributed by atoms with E-state index in [1.807, 2.05) is 0 Å². The van der Waals surface area contributed by atoms with Crippen LogP contribution in [0.3, 0.4) is 0 Å². The fourth-order valence-corrected chi connectivity index (χ4v) is 4.62. The van der Waals surface area contributed by atoms with E-state index >= 15 is 0 Å². The minimum atomic E-state index is -3.96. The Morgan fingerprint density at radius 3 is 2.75 bits per heavy atom. The Morgan fingerprint density at radius 2 is 2.10 bits per heavy atom. The van der Waals surface area contributed by atoms with E-state index in [1.165, 1.54) is 16.3 Å². The maximum absolute atomic E-state index is 12.5. The van der Waals surface area contributed by atoms with Crippen molar-refractivity contribution in [1.82, 2.24) is 9.21 Å². The van der Waals surface area contributed by atoms with Crippen LogP contribution in [0.4, 0.5) is 0 Å². The summed E-state index contributed by atoms with van der Waals surface area (Å²) in [6.45, 7) is 0.432. The summed E-state index contributed by atoms with van der Waals surface area (Å²) in [7, 11) is -2.34. The topological polar surface area (TPSA) is 95.0 Å². The van der Waals surface area contributed by atoms with E-state index in [0.29, 0.717) is 13.0 Å². The van der Waals surface area contributed by atoms with Gasteiger partial charge in [0.25, 0.3) is 0 Å². The average molecular weight is 318 g/mol. The number of rotatable bonds is 3. The highest BCUT2D eigenvalue weighted by molar-refractivity contribution is 7.89. The van der Waals surface area contributed by atoms with Crippen molar-refractivity contribution < 1.29 is 23.1 Å². The monoisotopic (exact) mass is 318 g/mol. The number of carbonyl (C=O) groups is 2. The number of nitrogens with zero attached hydrogens (tertiary/aromatic N) is 2. The van der Waals surface area contributed by atoms with Crippen LogP contribution in [-0.4, -0.2) is 61.3 Å². The standard InChI is InChI=1S/C11H14N2O5S2/c1-12-4-2-5-13(7-9(12)14)20(17,18)8-3-6-19-10(8)11(15)16/h3,6H,2,4-5,7H2,1H3,(H,15,16). The van der Waals surface area contributed by atoms with Gasteiger partial charge in [-0.3, -0.25) is 4.79 Å². The zero-order valence-electron chi connectivity index (χ0n) is 10.8. The highest BCUT2D eigenvalue weighted by atomic mass is 32.2. The number of carboxylic acid groups (broad SMARTS) is 1. The molecule has 1 aromatic heterocycles. The Morgan fingerprint density at radius 1 is 1.40 bits per heavy atom. The Kier molecular flexibility index (Phi) is 4.11. The first-order chi connectivity index (χ1) is 9.34. The summed E-state index contributed by atoms with van der Waals surface area (Å²) in [6, 6.07) is 1.27. The van der Waals surface area contributed by atoms with Crippen LogP contribution in [0.2, 0.25) is 0 Å². The number of thiophene rings is 1. The lowest BCUT2D eigenvalue weighted by Crippen LogP contribution is -2.38. The first-order valence-corrected chi connectivity index (χ1v) is 8.21. The van der Waals surface area contributed by atoms with Gasteiger partial charge in [0.1, 0.15) is 9.77 Å². The summed E-state index contributed by atoms with van der Waals surface area (Å²) in [4.78, 5) is 23.8. The molecule has 20 heavy (non-hydrogen) atoms. The molecule has 0 aliphatic carbocycles. The van der Waals surface area contributed by atoms with E-state index in [4.69, 9.17) is 5.11 Å². The smallest absolute Gasteiger partial charge is 0.347 e. The number of likely N-dealkylation sites (N-methyl/N-ethyl adjacent to an activating group) is 1. The molecular weight excluding hydrogens is 304 g/mol. The molecule has 1 N–H and O–H groups in total. The molecule has 1 fully saturated rings. The normalized spacial score (nSPS) is 18.1.